The van der Waals surface area contributed by atoms with E-state index in [0.29, 0.717) is 25.3 Å². The maximum absolute atomic E-state index is 12.1. The zero-order valence-corrected chi connectivity index (χ0v) is 14.6. The highest BCUT2D eigenvalue weighted by atomic mass is 16.5. The lowest BCUT2D eigenvalue weighted by Crippen LogP contribution is -2.24. The van der Waals surface area contributed by atoms with Crippen molar-refractivity contribution in [1.82, 2.24) is 5.32 Å². The largest absolute Gasteiger partial charge is 0.493 e. The molecule has 0 saturated carbocycles. The van der Waals surface area contributed by atoms with E-state index in [1.165, 1.54) is 5.56 Å². The van der Waals surface area contributed by atoms with E-state index in [2.05, 4.69) is 5.32 Å². The maximum atomic E-state index is 12.1. The van der Waals surface area contributed by atoms with Gasteiger partial charge in [0.2, 0.25) is 0 Å². The summed E-state index contributed by atoms with van der Waals surface area (Å²) >= 11 is 0. The van der Waals surface area contributed by atoms with Crippen LogP contribution in [0.5, 0.6) is 11.5 Å². The summed E-state index contributed by atoms with van der Waals surface area (Å²) in [4.78, 5) is 12.1. The minimum absolute atomic E-state index is 0.0727. The minimum atomic E-state index is -0.0727. The number of hydrogen-bond donors (Lipinski definition) is 1. The summed E-state index contributed by atoms with van der Waals surface area (Å²) in [6.45, 7) is 7.59. The average Bonchev–Trinajstić information content (AvgIpc) is 2.60. The predicted molar refractivity (Wildman–Crippen MR) is 95.7 cm³/mol. The van der Waals surface area contributed by atoms with Crippen molar-refractivity contribution >= 4 is 5.91 Å². The molecule has 4 nitrogen and oxygen atoms in total. The Balaban J connectivity index is 2.14. The van der Waals surface area contributed by atoms with Gasteiger partial charge < -0.3 is 14.8 Å². The van der Waals surface area contributed by atoms with Crippen molar-refractivity contribution < 1.29 is 14.3 Å². The zero-order chi connectivity index (χ0) is 17.4. The predicted octanol–water partition coefficient (Wildman–Crippen LogP) is 4.11. The normalized spacial score (nSPS) is 10.3. The van der Waals surface area contributed by atoms with Crippen molar-refractivity contribution in [3.63, 3.8) is 0 Å². The third-order valence-corrected chi connectivity index (χ3v) is 3.57. The van der Waals surface area contributed by atoms with Gasteiger partial charge >= 0.3 is 0 Å². The van der Waals surface area contributed by atoms with Crippen LogP contribution < -0.4 is 14.8 Å². The molecule has 4 heteroatoms. The Morgan fingerprint density at radius 2 is 1.79 bits per heavy atom. The highest BCUT2D eigenvalue weighted by molar-refractivity contribution is 5.94. The first-order valence-electron chi connectivity index (χ1n) is 8.37. The second-order valence-corrected chi connectivity index (χ2v) is 5.61. The zero-order valence-electron chi connectivity index (χ0n) is 14.6. The summed E-state index contributed by atoms with van der Waals surface area (Å²) in [5.41, 5.74) is 2.67. The Kier molecular flexibility index (Phi) is 6.67. The molecular formula is C20H25NO3. The number of carbonyl (C=O) groups excluding carboxylic acids is 1. The molecule has 0 spiro atoms. The fourth-order valence-electron chi connectivity index (χ4n) is 2.27. The van der Waals surface area contributed by atoms with Gasteiger partial charge in [0.25, 0.3) is 5.91 Å². The van der Waals surface area contributed by atoms with Crippen LogP contribution in [0.25, 0.3) is 0 Å². The Morgan fingerprint density at radius 3 is 2.46 bits per heavy atom. The fourth-order valence-corrected chi connectivity index (χ4v) is 2.27. The monoisotopic (exact) mass is 327 g/mol. The van der Waals surface area contributed by atoms with Crippen molar-refractivity contribution in [1.29, 1.82) is 0 Å². The summed E-state index contributed by atoms with van der Waals surface area (Å²) in [7, 11) is 0. The Morgan fingerprint density at radius 1 is 1.04 bits per heavy atom. The summed E-state index contributed by atoms with van der Waals surface area (Å²) in [5.74, 6) is 1.47. The second kappa shape index (κ2) is 8.96. The molecule has 24 heavy (non-hydrogen) atoms. The molecule has 2 aromatic carbocycles. The number of carbonyl (C=O) groups is 1. The van der Waals surface area contributed by atoms with Gasteiger partial charge in [0, 0.05) is 17.7 Å². The highest BCUT2D eigenvalue weighted by Crippen LogP contribution is 2.23. The van der Waals surface area contributed by atoms with E-state index in [-0.39, 0.29) is 5.91 Å². The molecule has 0 radical (unpaired) electrons. The molecule has 0 unspecified atom stereocenters. The van der Waals surface area contributed by atoms with Gasteiger partial charge in [-0.25, -0.2) is 0 Å². The van der Waals surface area contributed by atoms with E-state index in [9.17, 15) is 4.79 Å². The van der Waals surface area contributed by atoms with Crippen LogP contribution in [0.15, 0.2) is 42.5 Å². The van der Waals surface area contributed by atoms with E-state index in [1.807, 2.05) is 57.2 Å². The molecule has 0 aliphatic heterocycles. The third-order valence-electron chi connectivity index (χ3n) is 3.57. The van der Waals surface area contributed by atoms with Crippen LogP contribution in [0.4, 0.5) is 0 Å². The number of amides is 1. The van der Waals surface area contributed by atoms with Gasteiger partial charge in [0.05, 0.1) is 6.61 Å². The summed E-state index contributed by atoms with van der Waals surface area (Å²) in [5, 5.41) is 2.89. The van der Waals surface area contributed by atoms with Gasteiger partial charge in [-0.1, -0.05) is 24.6 Å². The number of aryl methyl sites for hydroxylation is 1. The minimum Gasteiger partial charge on any atom is -0.493 e. The molecule has 2 aromatic rings. The number of hydrogen-bond acceptors (Lipinski definition) is 3. The lowest BCUT2D eigenvalue weighted by molar-refractivity contribution is 0.0953. The lowest BCUT2D eigenvalue weighted by atomic mass is 10.1. The molecule has 2 rings (SSSR count). The third kappa shape index (κ3) is 5.01. The molecule has 0 bridgehead atoms. The Hall–Kier alpha value is -2.49. The first kappa shape index (κ1) is 17.9. The van der Waals surface area contributed by atoms with Crippen LogP contribution in [0, 0.1) is 6.92 Å². The van der Waals surface area contributed by atoms with Crippen molar-refractivity contribution in [2.45, 2.75) is 33.8 Å². The van der Waals surface area contributed by atoms with Crippen molar-refractivity contribution in [2.24, 2.45) is 0 Å². The smallest absolute Gasteiger partial charge is 0.251 e. The van der Waals surface area contributed by atoms with Crippen LogP contribution in [0.2, 0.25) is 0 Å². The van der Waals surface area contributed by atoms with E-state index < -0.39 is 0 Å². The summed E-state index contributed by atoms with van der Waals surface area (Å²) < 4.78 is 11.5. The molecule has 1 N–H and O–H groups in total. The van der Waals surface area contributed by atoms with Crippen LogP contribution in [0.3, 0.4) is 0 Å². The van der Waals surface area contributed by atoms with Gasteiger partial charge in [-0.2, -0.15) is 0 Å². The standard InChI is InChI=1S/C20H25NO3/c1-4-12-21-20(22)16-8-11-19(23-5-2)17(13-16)14-24-18-9-6-15(3)7-10-18/h6-11,13H,4-5,12,14H2,1-3H3,(H,21,22). The van der Waals surface area contributed by atoms with Crippen molar-refractivity contribution in [3.8, 4) is 11.5 Å². The van der Waals surface area contributed by atoms with Crippen LogP contribution in [-0.2, 0) is 6.61 Å². The average molecular weight is 327 g/mol. The molecule has 0 aliphatic carbocycles. The van der Waals surface area contributed by atoms with E-state index in [1.54, 1.807) is 6.07 Å². The Labute approximate surface area is 143 Å². The lowest BCUT2D eigenvalue weighted by Gasteiger charge is -2.13. The van der Waals surface area contributed by atoms with Gasteiger partial charge in [-0.15, -0.1) is 0 Å². The molecule has 128 valence electrons. The van der Waals surface area contributed by atoms with Crippen LogP contribution >= 0.6 is 0 Å². The van der Waals surface area contributed by atoms with Gasteiger partial charge in [-0.3, -0.25) is 4.79 Å². The summed E-state index contributed by atoms with van der Waals surface area (Å²) in [6, 6.07) is 13.3. The quantitative estimate of drug-likeness (QED) is 0.793. The van der Waals surface area contributed by atoms with Crippen molar-refractivity contribution in [2.75, 3.05) is 13.2 Å². The molecule has 0 saturated heterocycles. The summed E-state index contributed by atoms with van der Waals surface area (Å²) in [6.07, 6.45) is 0.909. The molecular weight excluding hydrogens is 302 g/mol. The molecule has 1 amide bonds. The van der Waals surface area contributed by atoms with Crippen LogP contribution in [-0.4, -0.2) is 19.1 Å². The first-order chi connectivity index (χ1) is 11.6. The van der Waals surface area contributed by atoms with Crippen LogP contribution in [0.1, 0.15) is 41.8 Å². The maximum Gasteiger partial charge on any atom is 0.251 e. The second-order valence-electron chi connectivity index (χ2n) is 5.61. The topological polar surface area (TPSA) is 47.6 Å². The molecule has 0 aliphatic rings. The number of ether oxygens (including phenoxy) is 2. The molecule has 0 heterocycles. The highest BCUT2D eigenvalue weighted by Gasteiger charge is 2.11. The number of nitrogens with one attached hydrogen (secondary N) is 1. The first-order valence-corrected chi connectivity index (χ1v) is 8.37. The van der Waals surface area contributed by atoms with E-state index >= 15 is 0 Å². The van der Waals surface area contributed by atoms with E-state index in [4.69, 9.17) is 9.47 Å². The SMILES string of the molecule is CCCNC(=O)c1ccc(OCC)c(COc2ccc(C)cc2)c1. The number of rotatable bonds is 8. The molecule has 0 atom stereocenters. The molecule has 0 aromatic heterocycles. The Bertz CT molecular complexity index is 665. The molecule has 0 fully saturated rings. The fraction of sp³-hybridized carbons (Fsp3) is 0.350. The van der Waals surface area contributed by atoms with Gasteiger partial charge in [-0.05, 0) is 50.6 Å². The van der Waals surface area contributed by atoms with Gasteiger partial charge in [0.15, 0.2) is 0 Å². The number of benzene rings is 2. The van der Waals surface area contributed by atoms with Gasteiger partial charge in [0.1, 0.15) is 18.1 Å². The van der Waals surface area contributed by atoms with E-state index in [0.717, 1.165) is 23.5 Å². The van der Waals surface area contributed by atoms with Crippen molar-refractivity contribution in [3.05, 3.63) is 59.2 Å².